The summed E-state index contributed by atoms with van der Waals surface area (Å²) in [6, 6.07) is 0. The monoisotopic (exact) mass is 297 g/mol. The lowest BCUT2D eigenvalue weighted by atomic mass is 10.3. The molecule has 2 aromatic rings. The number of aromatic nitrogens is 3. The molecular formula is C12H15N3O2S2. The summed E-state index contributed by atoms with van der Waals surface area (Å²) in [4.78, 5) is 20.2. The molecule has 7 heteroatoms. The Kier molecular flexibility index (Phi) is 4.60. The van der Waals surface area contributed by atoms with Gasteiger partial charge in [-0.2, -0.15) is 0 Å². The van der Waals surface area contributed by atoms with E-state index in [-0.39, 0.29) is 6.42 Å². The topological polar surface area (TPSA) is 68.0 Å². The molecule has 0 aromatic carbocycles. The van der Waals surface area contributed by atoms with Gasteiger partial charge in [0.2, 0.25) is 0 Å². The number of nitrogens with zero attached hydrogens (tertiary/aromatic N) is 3. The summed E-state index contributed by atoms with van der Waals surface area (Å²) in [6.07, 6.45) is 4.65. The average molecular weight is 297 g/mol. The van der Waals surface area contributed by atoms with Crippen LogP contribution >= 0.6 is 23.1 Å². The van der Waals surface area contributed by atoms with Crippen LogP contribution in [0, 0.1) is 6.92 Å². The lowest BCUT2D eigenvalue weighted by Crippen LogP contribution is -1.99. The van der Waals surface area contributed by atoms with E-state index in [9.17, 15) is 4.79 Å². The van der Waals surface area contributed by atoms with E-state index in [1.165, 1.54) is 11.3 Å². The number of carboxylic acid groups (broad SMARTS) is 1. The van der Waals surface area contributed by atoms with Gasteiger partial charge < -0.3 is 9.67 Å². The Morgan fingerprint density at radius 1 is 1.58 bits per heavy atom. The Morgan fingerprint density at radius 2 is 2.37 bits per heavy atom. The van der Waals surface area contributed by atoms with E-state index in [0.29, 0.717) is 0 Å². The standard InChI is InChI=1S/C12H15N3O2S2/c1-8-9(7-11(16)17)19-12(14-8)18-6-3-10-13-4-5-15(10)2/h4-5H,3,6-7H2,1-2H3,(H,16,17). The van der Waals surface area contributed by atoms with Crippen LogP contribution in [0.5, 0.6) is 0 Å². The van der Waals surface area contributed by atoms with Gasteiger partial charge in [0.25, 0.3) is 0 Å². The van der Waals surface area contributed by atoms with Crippen molar-refractivity contribution < 1.29 is 9.90 Å². The molecule has 2 aromatic heterocycles. The van der Waals surface area contributed by atoms with Gasteiger partial charge in [0.05, 0.1) is 12.1 Å². The lowest BCUT2D eigenvalue weighted by Gasteiger charge is -1.99. The normalized spacial score (nSPS) is 10.8. The summed E-state index contributed by atoms with van der Waals surface area (Å²) in [5.74, 6) is 1.13. The minimum Gasteiger partial charge on any atom is -0.481 e. The second-order valence-corrected chi connectivity index (χ2v) is 6.54. The number of rotatable bonds is 6. The van der Waals surface area contributed by atoms with Gasteiger partial charge >= 0.3 is 5.97 Å². The summed E-state index contributed by atoms with van der Waals surface area (Å²) in [7, 11) is 1.98. The SMILES string of the molecule is Cc1nc(SCCc2nccn2C)sc1CC(=O)O. The van der Waals surface area contributed by atoms with E-state index in [2.05, 4.69) is 9.97 Å². The molecule has 19 heavy (non-hydrogen) atoms. The average Bonchev–Trinajstić information content (AvgIpc) is 2.87. The molecule has 0 aliphatic rings. The minimum absolute atomic E-state index is 0.0590. The quantitative estimate of drug-likeness (QED) is 0.827. The highest BCUT2D eigenvalue weighted by Gasteiger charge is 2.11. The van der Waals surface area contributed by atoms with Crippen LogP contribution in [0.15, 0.2) is 16.7 Å². The first-order valence-corrected chi connectivity index (χ1v) is 7.63. The first-order valence-electron chi connectivity index (χ1n) is 5.83. The summed E-state index contributed by atoms with van der Waals surface area (Å²) >= 11 is 3.12. The molecule has 0 aliphatic carbocycles. The number of carbonyl (C=O) groups is 1. The van der Waals surface area contributed by atoms with Crippen molar-refractivity contribution in [2.75, 3.05) is 5.75 Å². The third kappa shape index (κ3) is 3.81. The summed E-state index contributed by atoms with van der Waals surface area (Å²) in [5.41, 5.74) is 0.826. The molecule has 102 valence electrons. The van der Waals surface area contributed by atoms with E-state index < -0.39 is 5.97 Å². The van der Waals surface area contributed by atoms with E-state index in [4.69, 9.17) is 5.11 Å². The molecule has 0 saturated heterocycles. The molecule has 0 unspecified atom stereocenters. The van der Waals surface area contributed by atoms with Crippen molar-refractivity contribution in [2.24, 2.45) is 7.05 Å². The van der Waals surface area contributed by atoms with Crippen LogP contribution in [0.3, 0.4) is 0 Å². The molecule has 0 spiro atoms. The highest BCUT2D eigenvalue weighted by Crippen LogP contribution is 2.27. The maximum Gasteiger partial charge on any atom is 0.308 e. The zero-order valence-corrected chi connectivity index (χ0v) is 12.4. The molecule has 1 N–H and O–H groups in total. The minimum atomic E-state index is -0.809. The van der Waals surface area contributed by atoms with Crippen molar-refractivity contribution >= 4 is 29.1 Å². The molecule has 0 bridgehead atoms. The largest absolute Gasteiger partial charge is 0.481 e. The predicted molar refractivity (Wildman–Crippen MR) is 75.8 cm³/mol. The maximum atomic E-state index is 10.7. The van der Waals surface area contributed by atoms with Crippen LogP contribution in [0.25, 0.3) is 0 Å². The third-order valence-corrected chi connectivity index (χ3v) is 4.96. The van der Waals surface area contributed by atoms with Gasteiger partial charge in [-0.3, -0.25) is 4.79 Å². The highest BCUT2D eigenvalue weighted by molar-refractivity contribution is 8.01. The Morgan fingerprint density at radius 3 is 3.00 bits per heavy atom. The molecule has 0 radical (unpaired) electrons. The molecule has 2 rings (SSSR count). The fourth-order valence-electron chi connectivity index (χ4n) is 1.63. The maximum absolute atomic E-state index is 10.7. The van der Waals surface area contributed by atoms with Gasteiger partial charge in [0, 0.05) is 36.5 Å². The zero-order chi connectivity index (χ0) is 13.8. The number of hydrogen-bond acceptors (Lipinski definition) is 5. The third-order valence-electron chi connectivity index (χ3n) is 2.66. The smallest absolute Gasteiger partial charge is 0.308 e. The first-order chi connectivity index (χ1) is 9.06. The van der Waals surface area contributed by atoms with Gasteiger partial charge in [-0.1, -0.05) is 11.8 Å². The van der Waals surface area contributed by atoms with Crippen molar-refractivity contribution in [3.05, 3.63) is 28.8 Å². The molecule has 2 heterocycles. The second kappa shape index (κ2) is 6.21. The van der Waals surface area contributed by atoms with Gasteiger partial charge in [-0.05, 0) is 6.92 Å². The Hall–Kier alpha value is -1.34. The van der Waals surface area contributed by atoms with Gasteiger partial charge in [-0.15, -0.1) is 11.3 Å². The zero-order valence-electron chi connectivity index (χ0n) is 10.8. The number of imidazole rings is 1. The van der Waals surface area contributed by atoms with Crippen molar-refractivity contribution in [2.45, 2.75) is 24.1 Å². The lowest BCUT2D eigenvalue weighted by molar-refractivity contribution is -0.136. The van der Waals surface area contributed by atoms with E-state index in [1.54, 1.807) is 18.0 Å². The number of hydrogen-bond donors (Lipinski definition) is 1. The molecule has 0 fully saturated rings. The molecule has 0 atom stereocenters. The fourth-order valence-corrected chi connectivity index (χ4v) is 3.86. The predicted octanol–water partition coefficient (Wildman–Crippen LogP) is 2.15. The van der Waals surface area contributed by atoms with E-state index in [0.717, 1.165) is 32.9 Å². The van der Waals surface area contributed by atoms with E-state index in [1.807, 2.05) is 24.7 Å². The molecular weight excluding hydrogens is 282 g/mol. The van der Waals surface area contributed by atoms with Crippen LogP contribution in [-0.4, -0.2) is 31.4 Å². The van der Waals surface area contributed by atoms with Crippen molar-refractivity contribution in [3.63, 3.8) is 0 Å². The highest BCUT2D eigenvalue weighted by atomic mass is 32.2. The van der Waals surface area contributed by atoms with Crippen LogP contribution in [0.4, 0.5) is 0 Å². The van der Waals surface area contributed by atoms with Crippen LogP contribution in [0.1, 0.15) is 16.4 Å². The number of thiazole rings is 1. The first kappa shape index (κ1) is 14.1. The Labute approximate surface area is 119 Å². The molecule has 0 amide bonds. The molecule has 5 nitrogen and oxygen atoms in total. The van der Waals surface area contributed by atoms with Crippen LogP contribution in [0.2, 0.25) is 0 Å². The Balaban J connectivity index is 1.89. The summed E-state index contributed by atoms with van der Waals surface area (Å²) < 4.78 is 2.94. The molecule has 0 aliphatic heterocycles. The van der Waals surface area contributed by atoms with Gasteiger partial charge in [-0.25, -0.2) is 9.97 Å². The second-order valence-electron chi connectivity index (χ2n) is 4.11. The summed E-state index contributed by atoms with van der Waals surface area (Å²) in [6.45, 7) is 1.86. The van der Waals surface area contributed by atoms with Gasteiger partial charge in [0.15, 0.2) is 0 Å². The van der Waals surface area contributed by atoms with Crippen LogP contribution < -0.4 is 0 Å². The molecule has 0 saturated carbocycles. The number of carboxylic acids is 1. The van der Waals surface area contributed by atoms with E-state index >= 15 is 0 Å². The summed E-state index contributed by atoms with van der Waals surface area (Å²) in [5, 5.41) is 8.79. The van der Waals surface area contributed by atoms with Crippen molar-refractivity contribution in [1.82, 2.24) is 14.5 Å². The number of thioether (sulfide) groups is 1. The number of aliphatic carboxylic acids is 1. The van der Waals surface area contributed by atoms with Crippen LogP contribution in [-0.2, 0) is 24.7 Å². The fraction of sp³-hybridized carbons (Fsp3) is 0.417. The van der Waals surface area contributed by atoms with Crippen molar-refractivity contribution in [3.8, 4) is 0 Å². The van der Waals surface area contributed by atoms with Gasteiger partial charge in [0.1, 0.15) is 10.2 Å². The number of aryl methyl sites for hydroxylation is 3. The van der Waals surface area contributed by atoms with Crippen molar-refractivity contribution in [1.29, 1.82) is 0 Å². The Bertz CT molecular complexity index is 577.